The van der Waals surface area contributed by atoms with Crippen LogP contribution in [0, 0.1) is 5.92 Å². The highest BCUT2D eigenvalue weighted by atomic mass is 16.2. The van der Waals surface area contributed by atoms with Crippen LogP contribution < -0.4 is 10.6 Å². The Kier molecular flexibility index (Phi) is 5.61. The number of nitrogens with two attached hydrogens (primary N) is 1. The Hall–Kier alpha value is -3.48. The van der Waals surface area contributed by atoms with Crippen molar-refractivity contribution >= 4 is 28.5 Å². The SMILES string of the molecule is CN(Cc1ccc2ccccc2n1)C(=O)c1ccc(N2CCC(C(N)=O)CC2)nc1. The molecule has 0 spiro atoms. The van der Waals surface area contributed by atoms with E-state index in [1.807, 2.05) is 42.5 Å². The topological polar surface area (TPSA) is 92.4 Å². The van der Waals surface area contributed by atoms with Crippen LogP contribution in [0.2, 0.25) is 0 Å². The summed E-state index contributed by atoms with van der Waals surface area (Å²) in [5.74, 6) is 0.428. The molecule has 3 heterocycles. The normalized spacial score (nSPS) is 14.6. The van der Waals surface area contributed by atoms with E-state index in [1.54, 1.807) is 24.2 Å². The number of aromatic nitrogens is 2. The number of piperidine rings is 1. The summed E-state index contributed by atoms with van der Waals surface area (Å²) in [4.78, 5) is 37.0. The molecule has 30 heavy (non-hydrogen) atoms. The van der Waals surface area contributed by atoms with E-state index in [-0.39, 0.29) is 17.7 Å². The van der Waals surface area contributed by atoms with E-state index in [9.17, 15) is 9.59 Å². The lowest BCUT2D eigenvalue weighted by Gasteiger charge is -2.31. The molecule has 0 radical (unpaired) electrons. The zero-order chi connectivity index (χ0) is 21.1. The second-order valence-electron chi connectivity index (χ2n) is 7.73. The third-order valence-electron chi connectivity index (χ3n) is 5.62. The summed E-state index contributed by atoms with van der Waals surface area (Å²) in [6, 6.07) is 15.6. The largest absolute Gasteiger partial charge is 0.369 e. The van der Waals surface area contributed by atoms with Gasteiger partial charge in [0.2, 0.25) is 5.91 Å². The van der Waals surface area contributed by atoms with Crippen molar-refractivity contribution in [3.8, 4) is 0 Å². The average molecular weight is 403 g/mol. The van der Waals surface area contributed by atoms with Crippen LogP contribution in [0.25, 0.3) is 10.9 Å². The standard InChI is InChI=1S/C23H25N5O2/c1-27(15-19-8-6-16-4-2-3-5-20(16)26-19)23(30)18-7-9-21(25-14-18)28-12-10-17(11-13-28)22(24)29/h2-9,14,17H,10-13,15H2,1H3,(H2,24,29). The Bertz CT molecular complexity index is 1060. The molecule has 154 valence electrons. The lowest BCUT2D eigenvalue weighted by molar-refractivity contribution is -0.122. The van der Waals surface area contributed by atoms with Gasteiger partial charge in [0.25, 0.3) is 5.91 Å². The second-order valence-corrected chi connectivity index (χ2v) is 7.73. The number of fused-ring (bicyclic) bond motifs is 1. The predicted molar refractivity (Wildman–Crippen MR) is 116 cm³/mol. The van der Waals surface area contributed by atoms with E-state index >= 15 is 0 Å². The van der Waals surface area contributed by atoms with Crippen molar-refractivity contribution in [1.29, 1.82) is 0 Å². The van der Waals surface area contributed by atoms with Crippen LogP contribution >= 0.6 is 0 Å². The molecule has 0 atom stereocenters. The van der Waals surface area contributed by atoms with Crippen LogP contribution in [0.3, 0.4) is 0 Å². The van der Waals surface area contributed by atoms with Crippen molar-refractivity contribution in [3.05, 3.63) is 66.0 Å². The second kappa shape index (κ2) is 8.49. The molecule has 3 aromatic rings. The molecule has 7 heteroatoms. The number of amides is 2. The molecule has 0 bridgehead atoms. The Morgan fingerprint density at radius 2 is 1.87 bits per heavy atom. The van der Waals surface area contributed by atoms with Crippen LogP contribution in [-0.4, -0.2) is 46.8 Å². The molecule has 1 saturated heterocycles. The number of primary amides is 1. The summed E-state index contributed by atoms with van der Waals surface area (Å²) in [6.07, 6.45) is 3.08. The minimum Gasteiger partial charge on any atom is -0.369 e. The van der Waals surface area contributed by atoms with Gasteiger partial charge in [0.1, 0.15) is 5.82 Å². The zero-order valence-corrected chi connectivity index (χ0v) is 17.0. The van der Waals surface area contributed by atoms with Gasteiger partial charge in [0, 0.05) is 37.6 Å². The minimum absolute atomic E-state index is 0.0560. The van der Waals surface area contributed by atoms with Gasteiger partial charge in [-0.25, -0.2) is 4.98 Å². The molecule has 2 amide bonds. The van der Waals surface area contributed by atoms with E-state index in [2.05, 4.69) is 14.9 Å². The lowest BCUT2D eigenvalue weighted by atomic mass is 9.96. The third kappa shape index (κ3) is 4.25. The molecule has 0 aliphatic carbocycles. The van der Waals surface area contributed by atoms with Crippen molar-refractivity contribution in [2.45, 2.75) is 19.4 Å². The van der Waals surface area contributed by atoms with Gasteiger partial charge in [-0.1, -0.05) is 24.3 Å². The summed E-state index contributed by atoms with van der Waals surface area (Å²) in [5.41, 5.74) is 7.69. The number of pyridine rings is 2. The molecule has 7 nitrogen and oxygen atoms in total. The maximum Gasteiger partial charge on any atom is 0.255 e. The quantitative estimate of drug-likeness (QED) is 0.707. The number of carbonyl (C=O) groups excluding carboxylic acids is 2. The number of nitrogens with zero attached hydrogens (tertiary/aromatic N) is 4. The number of para-hydroxylation sites is 1. The molecule has 1 aliphatic heterocycles. The van der Waals surface area contributed by atoms with Crippen LogP contribution in [0.5, 0.6) is 0 Å². The van der Waals surface area contributed by atoms with Crippen LogP contribution in [-0.2, 0) is 11.3 Å². The minimum atomic E-state index is -0.229. The predicted octanol–water partition coefficient (Wildman–Crippen LogP) is 2.60. The monoisotopic (exact) mass is 403 g/mol. The highest BCUT2D eigenvalue weighted by Gasteiger charge is 2.24. The van der Waals surface area contributed by atoms with Crippen molar-refractivity contribution in [2.24, 2.45) is 11.7 Å². The summed E-state index contributed by atoms with van der Waals surface area (Å²) < 4.78 is 0. The fourth-order valence-corrected chi connectivity index (χ4v) is 3.82. The van der Waals surface area contributed by atoms with Gasteiger partial charge in [-0.15, -0.1) is 0 Å². The highest BCUT2D eigenvalue weighted by molar-refractivity contribution is 5.94. The summed E-state index contributed by atoms with van der Waals surface area (Å²) in [7, 11) is 1.77. The molecular weight excluding hydrogens is 378 g/mol. The highest BCUT2D eigenvalue weighted by Crippen LogP contribution is 2.22. The third-order valence-corrected chi connectivity index (χ3v) is 5.62. The number of benzene rings is 1. The number of rotatable bonds is 5. The van der Waals surface area contributed by atoms with E-state index in [4.69, 9.17) is 5.73 Å². The lowest BCUT2D eigenvalue weighted by Crippen LogP contribution is -2.39. The first-order chi connectivity index (χ1) is 14.5. The Morgan fingerprint density at radius 1 is 1.10 bits per heavy atom. The Balaban J connectivity index is 1.39. The fourth-order valence-electron chi connectivity index (χ4n) is 3.82. The molecule has 2 N–H and O–H groups in total. The van der Waals surface area contributed by atoms with Gasteiger partial charge < -0.3 is 15.5 Å². The van der Waals surface area contributed by atoms with Gasteiger partial charge in [-0.3, -0.25) is 14.6 Å². The van der Waals surface area contributed by atoms with E-state index < -0.39 is 0 Å². The Morgan fingerprint density at radius 3 is 2.57 bits per heavy atom. The first-order valence-electron chi connectivity index (χ1n) is 10.1. The molecule has 0 unspecified atom stereocenters. The van der Waals surface area contributed by atoms with Crippen LogP contribution in [0.1, 0.15) is 28.9 Å². The van der Waals surface area contributed by atoms with Gasteiger partial charge in [-0.2, -0.15) is 0 Å². The molecule has 0 saturated carbocycles. The van der Waals surface area contributed by atoms with Gasteiger partial charge in [0.05, 0.1) is 23.3 Å². The smallest absolute Gasteiger partial charge is 0.255 e. The fraction of sp³-hybridized carbons (Fsp3) is 0.304. The first kappa shape index (κ1) is 19.8. The number of anilines is 1. The molecule has 4 rings (SSSR count). The Labute approximate surface area is 175 Å². The summed E-state index contributed by atoms with van der Waals surface area (Å²) >= 11 is 0. The number of carbonyl (C=O) groups is 2. The molecule has 1 aromatic carbocycles. The van der Waals surface area contributed by atoms with Crippen LogP contribution in [0.4, 0.5) is 5.82 Å². The van der Waals surface area contributed by atoms with Crippen molar-refractivity contribution in [1.82, 2.24) is 14.9 Å². The van der Waals surface area contributed by atoms with E-state index in [0.29, 0.717) is 12.1 Å². The number of hydrogen-bond acceptors (Lipinski definition) is 5. The number of hydrogen-bond donors (Lipinski definition) is 1. The molecule has 2 aromatic heterocycles. The summed E-state index contributed by atoms with van der Waals surface area (Å²) in [5, 5.41) is 1.08. The van der Waals surface area contributed by atoms with Gasteiger partial charge >= 0.3 is 0 Å². The van der Waals surface area contributed by atoms with Gasteiger partial charge in [-0.05, 0) is 37.1 Å². The maximum absolute atomic E-state index is 12.8. The van der Waals surface area contributed by atoms with Crippen molar-refractivity contribution in [3.63, 3.8) is 0 Å². The summed E-state index contributed by atoms with van der Waals surface area (Å²) in [6.45, 7) is 1.90. The van der Waals surface area contributed by atoms with Crippen LogP contribution in [0.15, 0.2) is 54.7 Å². The first-order valence-corrected chi connectivity index (χ1v) is 10.1. The van der Waals surface area contributed by atoms with Crippen molar-refractivity contribution in [2.75, 3.05) is 25.0 Å². The average Bonchev–Trinajstić information content (AvgIpc) is 2.78. The van der Waals surface area contributed by atoms with E-state index in [0.717, 1.165) is 48.3 Å². The van der Waals surface area contributed by atoms with Crippen molar-refractivity contribution < 1.29 is 9.59 Å². The van der Waals surface area contributed by atoms with Gasteiger partial charge in [0.15, 0.2) is 0 Å². The molecule has 1 aliphatic rings. The molecular formula is C23H25N5O2. The molecule has 1 fully saturated rings. The van der Waals surface area contributed by atoms with E-state index in [1.165, 1.54) is 0 Å². The zero-order valence-electron chi connectivity index (χ0n) is 17.0. The maximum atomic E-state index is 12.8.